The minimum atomic E-state index is -0.750. The molecule has 5 rings (SSSR count). The topological polar surface area (TPSA) is 97.1 Å². The van der Waals surface area contributed by atoms with E-state index in [0.29, 0.717) is 25.9 Å². The second-order valence-electron chi connectivity index (χ2n) is 8.60. The summed E-state index contributed by atoms with van der Waals surface area (Å²) in [6.45, 7) is 0.906. The molecule has 1 saturated carbocycles. The van der Waals surface area contributed by atoms with Gasteiger partial charge in [-0.05, 0) is 37.0 Å². The third kappa shape index (κ3) is 3.79. The first-order chi connectivity index (χ1) is 15.6. The number of nitrogens with one attached hydrogen (secondary N) is 1. The lowest BCUT2D eigenvalue weighted by molar-refractivity contribution is -0.145. The number of rotatable bonds is 6. The van der Waals surface area contributed by atoms with Gasteiger partial charge in [-0.1, -0.05) is 43.2 Å². The minimum Gasteiger partial charge on any atom is -0.481 e. The number of aromatic nitrogens is 3. The van der Waals surface area contributed by atoms with E-state index < -0.39 is 5.97 Å². The highest BCUT2D eigenvalue weighted by molar-refractivity contribution is 6.06. The molecule has 2 heterocycles. The number of benzene rings is 2. The van der Waals surface area contributed by atoms with Gasteiger partial charge in [0.15, 0.2) is 5.65 Å². The molecule has 0 bridgehead atoms. The Morgan fingerprint density at radius 2 is 1.72 bits per heavy atom. The summed E-state index contributed by atoms with van der Waals surface area (Å²) in [6, 6.07) is 15.8. The molecule has 1 fully saturated rings. The van der Waals surface area contributed by atoms with Crippen molar-refractivity contribution >= 4 is 45.0 Å². The molecule has 2 aromatic carbocycles. The van der Waals surface area contributed by atoms with Crippen LogP contribution in [0.4, 0.5) is 0 Å². The average Bonchev–Trinajstić information content (AvgIpc) is 3.12. The normalized spacial score (nSPS) is 18.9. The van der Waals surface area contributed by atoms with Crippen molar-refractivity contribution in [3.8, 4) is 0 Å². The Labute approximate surface area is 185 Å². The fourth-order valence-corrected chi connectivity index (χ4v) is 4.93. The molecule has 0 aliphatic heterocycles. The predicted molar refractivity (Wildman–Crippen MR) is 123 cm³/mol. The van der Waals surface area contributed by atoms with Crippen LogP contribution in [-0.2, 0) is 16.1 Å². The molecule has 1 aliphatic rings. The summed E-state index contributed by atoms with van der Waals surface area (Å²) >= 11 is 0. The minimum absolute atomic E-state index is 0.00988. The van der Waals surface area contributed by atoms with E-state index >= 15 is 0 Å². The van der Waals surface area contributed by atoms with Gasteiger partial charge in [0.05, 0.1) is 22.5 Å². The van der Waals surface area contributed by atoms with Crippen molar-refractivity contribution in [1.82, 2.24) is 19.9 Å². The Balaban J connectivity index is 1.36. The van der Waals surface area contributed by atoms with Crippen molar-refractivity contribution < 1.29 is 14.7 Å². The molecule has 1 amide bonds. The molecular weight excluding hydrogens is 404 g/mol. The molecule has 0 radical (unpaired) electrons. The number of hydrogen-bond donors (Lipinski definition) is 2. The second-order valence-corrected chi connectivity index (χ2v) is 8.60. The number of amides is 1. The van der Waals surface area contributed by atoms with Gasteiger partial charge in [-0.15, -0.1) is 0 Å². The van der Waals surface area contributed by atoms with E-state index in [1.165, 1.54) is 0 Å². The Kier molecular flexibility index (Phi) is 5.47. The van der Waals surface area contributed by atoms with E-state index in [0.717, 1.165) is 52.4 Å². The van der Waals surface area contributed by atoms with E-state index in [9.17, 15) is 14.7 Å². The van der Waals surface area contributed by atoms with Crippen LogP contribution in [0.3, 0.4) is 0 Å². The monoisotopic (exact) mass is 430 g/mol. The number of aliphatic carboxylic acids is 1. The molecule has 1 aliphatic carbocycles. The van der Waals surface area contributed by atoms with Crippen LogP contribution in [0.25, 0.3) is 33.1 Å². The smallest absolute Gasteiger partial charge is 0.306 e. The summed E-state index contributed by atoms with van der Waals surface area (Å²) in [6.07, 6.45) is 3.83. The van der Waals surface area contributed by atoms with E-state index in [2.05, 4.69) is 9.88 Å². The molecule has 32 heavy (non-hydrogen) atoms. The molecule has 0 unspecified atom stereocenters. The van der Waals surface area contributed by atoms with Crippen molar-refractivity contribution in [3.63, 3.8) is 0 Å². The molecule has 164 valence electrons. The molecule has 2 aromatic heterocycles. The van der Waals surface area contributed by atoms with E-state index in [4.69, 9.17) is 9.97 Å². The Hall–Kier alpha value is -3.48. The number of carboxylic acids is 1. The lowest BCUT2D eigenvalue weighted by atomic mass is 9.79. The number of carbonyl (C=O) groups is 2. The molecule has 0 spiro atoms. The van der Waals surface area contributed by atoms with E-state index in [1.807, 2.05) is 48.5 Å². The predicted octanol–water partition coefficient (Wildman–Crippen LogP) is 4.14. The zero-order valence-electron chi connectivity index (χ0n) is 17.8. The van der Waals surface area contributed by atoms with Gasteiger partial charge in [-0.25, -0.2) is 9.97 Å². The standard InChI is InChI=1S/C25H26N4O3/c30-22(26-15-16-7-1-2-8-17(16)25(31)32)13-14-29-21-12-6-3-9-18(21)23-24(29)28-20-11-5-4-10-19(20)27-23/h3-6,9-12,16-17H,1-2,7-8,13-15H2,(H,26,30)(H,31,32)/t16-,17-/m0/s1. The van der Waals surface area contributed by atoms with Crippen molar-refractivity contribution in [3.05, 3.63) is 48.5 Å². The summed E-state index contributed by atoms with van der Waals surface area (Å²) in [5.41, 5.74) is 4.29. The highest BCUT2D eigenvalue weighted by atomic mass is 16.4. The lowest BCUT2D eigenvalue weighted by Crippen LogP contribution is -2.37. The first kappa shape index (κ1) is 20.4. The van der Waals surface area contributed by atoms with Crippen molar-refractivity contribution in [2.45, 2.75) is 38.6 Å². The van der Waals surface area contributed by atoms with Crippen molar-refractivity contribution in [1.29, 1.82) is 0 Å². The van der Waals surface area contributed by atoms with Gasteiger partial charge < -0.3 is 15.0 Å². The second kappa shape index (κ2) is 8.57. The maximum atomic E-state index is 12.6. The van der Waals surface area contributed by atoms with Gasteiger partial charge in [-0.3, -0.25) is 9.59 Å². The molecular formula is C25H26N4O3. The summed E-state index contributed by atoms with van der Waals surface area (Å²) < 4.78 is 2.06. The van der Waals surface area contributed by atoms with Gasteiger partial charge in [0, 0.05) is 24.9 Å². The summed E-state index contributed by atoms with van der Waals surface area (Å²) in [4.78, 5) is 33.8. The number of nitrogens with zero attached hydrogens (tertiary/aromatic N) is 3. The largest absolute Gasteiger partial charge is 0.481 e. The van der Waals surface area contributed by atoms with Crippen LogP contribution in [-0.4, -0.2) is 38.1 Å². The lowest BCUT2D eigenvalue weighted by Gasteiger charge is -2.28. The van der Waals surface area contributed by atoms with Crippen molar-refractivity contribution in [2.24, 2.45) is 11.8 Å². The molecule has 7 nitrogen and oxygen atoms in total. The van der Waals surface area contributed by atoms with E-state index in [-0.39, 0.29) is 17.7 Å². The van der Waals surface area contributed by atoms with Crippen LogP contribution in [0.5, 0.6) is 0 Å². The Bertz CT molecular complexity index is 1310. The Morgan fingerprint density at radius 3 is 2.53 bits per heavy atom. The van der Waals surface area contributed by atoms with Crippen LogP contribution in [0.15, 0.2) is 48.5 Å². The van der Waals surface area contributed by atoms with Gasteiger partial charge in [0.1, 0.15) is 5.52 Å². The highest BCUT2D eigenvalue weighted by Gasteiger charge is 2.30. The number of carboxylic acid groups (broad SMARTS) is 1. The average molecular weight is 431 g/mol. The summed E-state index contributed by atoms with van der Waals surface area (Å²) in [7, 11) is 0. The number of para-hydroxylation sites is 3. The maximum Gasteiger partial charge on any atom is 0.306 e. The van der Waals surface area contributed by atoms with Crippen LogP contribution in [0, 0.1) is 11.8 Å². The molecule has 0 saturated heterocycles. The van der Waals surface area contributed by atoms with Gasteiger partial charge in [0.2, 0.25) is 5.91 Å². The Morgan fingerprint density at radius 1 is 1.00 bits per heavy atom. The van der Waals surface area contributed by atoms with Crippen LogP contribution >= 0.6 is 0 Å². The van der Waals surface area contributed by atoms with Crippen LogP contribution in [0.1, 0.15) is 32.1 Å². The quantitative estimate of drug-likeness (QED) is 0.479. The first-order valence-electron chi connectivity index (χ1n) is 11.2. The third-order valence-corrected chi connectivity index (χ3v) is 6.61. The molecule has 2 N–H and O–H groups in total. The SMILES string of the molecule is O=C(CCn1c2ccccc2c2nc3ccccc3nc21)NC[C@@H]1CCCC[C@@H]1C(=O)O. The first-order valence-corrected chi connectivity index (χ1v) is 11.2. The number of fused-ring (bicyclic) bond motifs is 4. The van der Waals surface area contributed by atoms with Gasteiger partial charge in [0.25, 0.3) is 0 Å². The third-order valence-electron chi connectivity index (χ3n) is 6.61. The van der Waals surface area contributed by atoms with Crippen LogP contribution < -0.4 is 5.32 Å². The fraction of sp³-hybridized carbons (Fsp3) is 0.360. The van der Waals surface area contributed by atoms with Gasteiger partial charge >= 0.3 is 5.97 Å². The van der Waals surface area contributed by atoms with Gasteiger partial charge in [-0.2, -0.15) is 0 Å². The summed E-state index contributed by atoms with van der Waals surface area (Å²) in [5, 5.41) is 13.4. The number of carbonyl (C=O) groups excluding carboxylic acids is 1. The summed E-state index contributed by atoms with van der Waals surface area (Å²) in [5.74, 6) is -1.17. The maximum absolute atomic E-state index is 12.6. The van der Waals surface area contributed by atoms with Crippen molar-refractivity contribution in [2.75, 3.05) is 6.54 Å². The fourth-order valence-electron chi connectivity index (χ4n) is 4.93. The van der Waals surface area contributed by atoms with E-state index in [1.54, 1.807) is 0 Å². The zero-order valence-corrected chi connectivity index (χ0v) is 17.8. The number of aryl methyl sites for hydroxylation is 1. The molecule has 4 aromatic rings. The number of hydrogen-bond acceptors (Lipinski definition) is 4. The zero-order chi connectivity index (χ0) is 22.1. The molecule has 7 heteroatoms. The highest BCUT2D eigenvalue weighted by Crippen LogP contribution is 2.30. The van der Waals surface area contributed by atoms with Crippen LogP contribution in [0.2, 0.25) is 0 Å². The molecule has 2 atom stereocenters.